The first-order valence-corrected chi connectivity index (χ1v) is 13.5. The van der Waals surface area contributed by atoms with Crippen LogP contribution < -0.4 is 4.74 Å². The SMILES string of the molecule is Cn1cccc1-c1cc2ccc(OC(C)(S)CC(C)(C)OC(=O)C(C)(CC(C)(C)C)C(C)(C)C)cc2o1. The summed E-state index contributed by atoms with van der Waals surface area (Å²) in [7, 11) is 1.99. The summed E-state index contributed by atoms with van der Waals surface area (Å²) in [5.41, 5.74) is 0.0482. The Morgan fingerprint density at radius 2 is 1.59 bits per heavy atom. The van der Waals surface area contributed by atoms with Gasteiger partial charge in [-0.3, -0.25) is 4.79 Å². The second kappa shape index (κ2) is 9.76. The zero-order chi connectivity index (χ0) is 28.0. The second-order valence-corrected chi connectivity index (χ2v) is 14.7. The van der Waals surface area contributed by atoms with Crippen molar-refractivity contribution in [1.29, 1.82) is 0 Å². The van der Waals surface area contributed by atoms with Crippen molar-refractivity contribution in [2.75, 3.05) is 0 Å². The lowest BCUT2D eigenvalue weighted by atomic mass is 9.61. The molecule has 0 N–H and O–H groups in total. The zero-order valence-corrected chi connectivity index (χ0v) is 25.4. The maximum absolute atomic E-state index is 13.6. The average Bonchev–Trinajstić information content (AvgIpc) is 3.29. The van der Waals surface area contributed by atoms with Crippen LogP contribution in [0.15, 0.2) is 47.0 Å². The number of ether oxygens (including phenoxy) is 2. The van der Waals surface area contributed by atoms with Gasteiger partial charge in [-0.05, 0) is 75.3 Å². The highest BCUT2D eigenvalue weighted by Gasteiger charge is 2.49. The lowest BCUT2D eigenvalue weighted by Gasteiger charge is -2.45. The van der Waals surface area contributed by atoms with Crippen molar-refractivity contribution in [3.63, 3.8) is 0 Å². The van der Waals surface area contributed by atoms with Crippen LogP contribution in [-0.2, 0) is 16.6 Å². The first-order valence-electron chi connectivity index (χ1n) is 13.0. The van der Waals surface area contributed by atoms with Crippen molar-refractivity contribution in [1.82, 2.24) is 4.57 Å². The fraction of sp³-hybridized carbons (Fsp3) is 0.581. The molecule has 0 aliphatic rings. The van der Waals surface area contributed by atoms with Gasteiger partial charge in [-0.2, -0.15) is 0 Å². The number of aryl methyl sites for hydroxylation is 1. The molecule has 5 nitrogen and oxygen atoms in total. The van der Waals surface area contributed by atoms with Crippen LogP contribution in [0, 0.1) is 16.2 Å². The standard InChI is InChI=1S/C31H45NO4S/c1-27(2,3)19-30(9,28(4,5)6)26(33)36-29(7,8)20-31(10,37)35-22-15-14-21-17-25(34-24(21)18-22)23-13-12-16-32(23)11/h12-18,37H,19-20H2,1-11H3. The van der Waals surface area contributed by atoms with E-state index in [-0.39, 0.29) is 16.8 Å². The van der Waals surface area contributed by atoms with Crippen LogP contribution in [0.4, 0.5) is 0 Å². The largest absolute Gasteiger partial charge is 0.477 e. The van der Waals surface area contributed by atoms with Gasteiger partial charge in [-0.15, -0.1) is 12.6 Å². The summed E-state index contributed by atoms with van der Waals surface area (Å²) in [5, 5.41) is 0.999. The van der Waals surface area contributed by atoms with Gasteiger partial charge in [-0.1, -0.05) is 41.5 Å². The molecule has 0 saturated heterocycles. The van der Waals surface area contributed by atoms with E-state index in [9.17, 15) is 4.79 Å². The van der Waals surface area contributed by atoms with E-state index in [1.54, 1.807) is 0 Å². The number of thiol groups is 1. The molecule has 3 aromatic rings. The number of benzene rings is 1. The number of carbonyl (C=O) groups excluding carboxylic acids is 1. The van der Waals surface area contributed by atoms with Gasteiger partial charge < -0.3 is 18.5 Å². The van der Waals surface area contributed by atoms with E-state index in [4.69, 9.17) is 26.5 Å². The zero-order valence-electron chi connectivity index (χ0n) is 24.5. The summed E-state index contributed by atoms with van der Waals surface area (Å²) in [6.07, 6.45) is 3.11. The summed E-state index contributed by atoms with van der Waals surface area (Å²) < 4.78 is 20.6. The highest BCUT2D eigenvalue weighted by Crippen LogP contribution is 2.48. The highest BCUT2D eigenvalue weighted by molar-refractivity contribution is 7.81. The maximum atomic E-state index is 13.6. The van der Waals surface area contributed by atoms with Crippen LogP contribution in [0.2, 0.25) is 0 Å². The Hall–Kier alpha value is -2.34. The van der Waals surface area contributed by atoms with E-state index in [2.05, 4.69) is 41.5 Å². The van der Waals surface area contributed by atoms with E-state index in [0.29, 0.717) is 12.2 Å². The van der Waals surface area contributed by atoms with Crippen molar-refractivity contribution in [2.24, 2.45) is 23.3 Å². The number of carbonyl (C=O) groups is 1. The van der Waals surface area contributed by atoms with Crippen molar-refractivity contribution >= 4 is 29.6 Å². The summed E-state index contributed by atoms with van der Waals surface area (Å²) in [6, 6.07) is 11.8. The van der Waals surface area contributed by atoms with Crippen LogP contribution in [0.25, 0.3) is 22.4 Å². The second-order valence-electron chi connectivity index (χ2n) is 13.7. The topological polar surface area (TPSA) is 53.6 Å². The van der Waals surface area contributed by atoms with Gasteiger partial charge in [0.25, 0.3) is 0 Å². The van der Waals surface area contributed by atoms with Crippen LogP contribution in [0.1, 0.15) is 82.1 Å². The summed E-state index contributed by atoms with van der Waals surface area (Å²) in [6.45, 7) is 20.6. The van der Waals surface area contributed by atoms with Crippen molar-refractivity contribution in [3.8, 4) is 17.2 Å². The molecule has 3 rings (SSSR count). The predicted molar refractivity (Wildman–Crippen MR) is 155 cm³/mol. The Morgan fingerprint density at radius 3 is 2.14 bits per heavy atom. The highest BCUT2D eigenvalue weighted by atomic mass is 32.1. The first kappa shape index (κ1) is 29.2. The minimum absolute atomic E-state index is 0.0169. The molecular weight excluding hydrogens is 482 g/mol. The Kier molecular flexibility index (Phi) is 7.71. The van der Waals surface area contributed by atoms with E-state index in [0.717, 1.165) is 28.8 Å². The van der Waals surface area contributed by atoms with Gasteiger partial charge in [0.1, 0.15) is 16.9 Å². The molecule has 2 heterocycles. The van der Waals surface area contributed by atoms with Crippen molar-refractivity contribution in [2.45, 2.75) is 92.6 Å². The number of hydrogen-bond acceptors (Lipinski definition) is 5. The van der Waals surface area contributed by atoms with Gasteiger partial charge in [-0.25, -0.2) is 0 Å². The predicted octanol–water partition coefficient (Wildman–Crippen LogP) is 8.66. The van der Waals surface area contributed by atoms with Crippen LogP contribution in [0.5, 0.6) is 5.75 Å². The molecule has 0 spiro atoms. The molecule has 2 aromatic heterocycles. The van der Waals surface area contributed by atoms with E-state index >= 15 is 0 Å². The molecule has 0 saturated carbocycles. The minimum Gasteiger partial charge on any atom is -0.477 e. The summed E-state index contributed by atoms with van der Waals surface area (Å²) >= 11 is 4.83. The lowest BCUT2D eigenvalue weighted by Crippen LogP contribution is -2.48. The van der Waals surface area contributed by atoms with Crippen molar-refractivity contribution in [3.05, 3.63) is 42.6 Å². The van der Waals surface area contributed by atoms with Crippen molar-refractivity contribution < 1.29 is 18.7 Å². The molecule has 6 heteroatoms. The molecule has 204 valence electrons. The number of furan rings is 1. The molecule has 0 amide bonds. The molecule has 37 heavy (non-hydrogen) atoms. The number of rotatable bonds is 8. The van der Waals surface area contributed by atoms with Gasteiger partial charge in [0.2, 0.25) is 0 Å². The Labute approximate surface area is 228 Å². The molecule has 2 unspecified atom stereocenters. The number of hydrogen-bond donors (Lipinski definition) is 1. The summed E-state index contributed by atoms with van der Waals surface area (Å²) in [4.78, 5) is 12.7. The molecule has 0 radical (unpaired) electrons. The third kappa shape index (κ3) is 6.95. The number of aromatic nitrogens is 1. The Morgan fingerprint density at radius 1 is 0.946 bits per heavy atom. The lowest BCUT2D eigenvalue weighted by molar-refractivity contribution is -0.180. The monoisotopic (exact) mass is 527 g/mol. The maximum Gasteiger partial charge on any atom is 0.312 e. The van der Waals surface area contributed by atoms with Crippen LogP contribution >= 0.6 is 12.6 Å². The molecule has 0 aliphatic heterocycles. The molecule has 0 fully saturated rings. The van der Waals surface area contributed by atoms with Crippen LogP contribution in [0.3, 0.4) is 0 Å². The van der Waals surface area contributed by atoms with E-state index in [1.807, 2.05) is 81.9 Å². The van der Waals surface area contributed by atoms with E-state index < -0.39 is 15.9 Å². The van der Waals surface area contributed by atoms with E-state index in [1.165, 1.54) is 0 Å². The fourth-order valence-corrected chi connectivity index (χ4v) is 5.59. The Bertz CT molecular complexity index is 1250. The number of nitrogens with zero attached hydrogens (tertiary/aromatic N) is 1. The fourth-order valence-electron chi connectivity index (χ4n) is 5.10. The molecular formula is C31H45NO4S. The molecule has 2 atom stereocenters. The van der Waals surface area contributed by atoms with Gasteiger partial charge >= 0.3 is 5.97 Å². The molecule has 1 aromatic carbocycles. The van der Waals surface area contributed by atoms with Crippen LogP contribution in [-0.4, -0.2) is 21.1 Å². The third-order valence-corrected chi connectivity index (χ3v) is 7.39. The number of fused-ring (bicyclic) bond motifs is 1. The van der Waals surface area contributed by atoms with Gasteiger partial charge in [0, 0.05) is 31.1 Å². The quantitative estimate of drug-likeness (QED) is 0.181. The minimum atomic E-state index is -0.882. The smallest absolute Gasteiger partial charge is 0.312 e. The average molecular weight is 528 g/mol. The van der Waals surface area contributed by atoms with Gasteiger partial charge in [0.05, 0.1) is 11.1 Å². The summed E-state index contributed by atoms with van der Waals surface area (Å²) in [5.74, 6) is 1.26. The first-order chi connectivity index (χ1) is 16.7. The normalized spacial score (nSPS) is 16.3. The third-order valence-electron chi connectivity index (χ3n) is 7.14. The van der Waals surface area contributed by atoms with Gasteiger partial charge in [0.15, 0.2) is 10.7 Å². The molecule has 0 bridgehead atoms. The molecule has 0 aliphatic carbocycles. The Balaban J connectivity index is 1.76. The number of esters is 1.